The van der Waals surface area contributed by atoms with Crippen LogP contribution in [0.2, 0.25) is 0 Å². The first-order chi connectivity index (χ1) is 5.80. The molecule has 1 aromatic rings. The molecular weight excluding hydrogens is 170 g/mol. The van der Waals surface area contributed by atoms with Gasteiger partial charge in [-0.1, -0.05) is 17.3 Å². The van der Waals surface area contributed by atoms with Crippen LogP contribution in [0.15, 0.2) is 6.20 Å². The minimum atomic E-state index is 0.00838. The summed E-state index contributed by atoms with van der Waals surface area (Å²) in [4.78, 5) is 5.26. The summed E-state index contributed by atoms with van der Waals surface area (Å²) in [5.74, 6) is 2.82. The van der Waals surface area contributed by atoms with Gasteiger partial charge in [-0.2, -0.15) is 0 Å². The van der Waals surface area contributed by atoms with Crippen LogP contribution in [0.4, 0.5) is 0 Å². The molecule has 1 heterocycles. The van der Waals surface area contributed by atoms with Crippen LogP contribution in [0.5, 0.6) is 5.19 Å². The van der Waals surface area contributed by atoms with Gasteiger partial charge in [-0.25, -0.2) is 4.98 Å². The summed E-state index contributed by atoms with van der Waals surface area (Å²) in [6.45, 7) is 0. The highest BCUT2D eigenvalue weighted by Crippen LogP contribution is 2.50. The molecule has 1 saturated carbocycles. The predicted octanol–water partition coefficient (Wildman–Crippen LogP) is 1.82. The Morgan fingerprint density at radius 3 is 2.92 bits per heavy atom. The van der Waals surface area contributed by atoms with E-state index >= 15 is 0 Å². The lowest BCUT2D eigenvalue weighted by molar-refractivity contribution is 0.412. The third kappa shape index (κ3) is 0.997. The first-order valence-corrected chi connectivity index (χ1v) is 4.60. The SMILES string of the molecule is C#CC1(c2cnc(OC)s2)CC1. The molecule has 0 N–H and O–H groups in total. The molecule has 0 radical (unpaired) electrons. The van der Waals surface area contributed by atoms with Crippen molar-refractivity contribution < 1.29 is 4.74 Å². The summed E-state index contributed by atoms with van der Waals surface area (Å²) < 4.78 is 5.00. The van der Waals surface area contributed by atoms with Crippen molar-refractivity contribution >= 4 is 11.3 Å². The van der Waals surface area contributed by atoms with Gasteiger partial charge in [-0.05, 0) is 12.8 Å². The standard InChI is InChI=1S/C9H9NOS/c1-3-9(4-5-9)7-6-10-8(11-2)12-7/h1,6H,4-5H2,2H3. The molecular formula is C9H9NOS. The van der Waals surface area contributed by atoms with Crippen LogP contribution in [-0.2, 0) is 5.41 Å². The molecule has 0 unspecified atom stereocenters. The van der Waals surface area contributed by atoms with Gasteiger partial charge in [0.25, 0.3) is 5.19 Å². The van der Waals surface area contributed by atoms with Gasteiger partial charge in [-0.15, -0.1) is 6.42 Å². The second-order valence-electron chi connectivity index (χ2n) is 2.92. The third-order valence-electron chi connectivity index (χ3n) is 2.16. The largest absolute Gasteiger partial charge is 0.473 e. The molecule has 2 rings (SSSR count). The molecule has 0 atom stereocenters. The van der Waals surface area contributed by atoms with Gasteiger partial charge >= 0.3 is 0 Å². The highest BCUT2D eigenvalue weighted by Gasteiger charge is 2.44. The molecule has 3 heteroatoms. The van der Waals surface area contributed by atoms with E-state index in [4.69, 9.17) is 11.2 Å². The van der Waals surface area contributed by atoms with Crippen LogP contribution in [0, 0.1) is 12.3 Å². The summed E-state index contributed by atoms with van der Waals surface area (Å²) in [6, 6.07) is 0. The summed E-state index contributed by atoms with van der Waals surface area (Å²) in [5.41, 5.74) is 0.00838. The molecule has 0 aromatic carbocycles. The van der Waals surface area contributed by atoms with Crippen LogP contribution in [-0.4, -0.2) is 12.1 Å². The Morgan fingerprint density at radius 2 is 2.50 bits per heavy atom. The van der Waals surface area contributed by atoms with Gasteiger partial charge < -0.3 is 4.74 Å². The number of terminal acetylenes is 1. The lowest BCUT2D eigenvalue weighted by Gasteiger charge is -1.99. The van der Waals surface area contributed by atoms with Crippen molar-refractivity contribution in [2.45, 2.75) is 18.3 Å². The van der Waals surface area contributed by atoms with E-state index in [-0.39, 0.29) is 5.41 Å². The number of nitrogens with zero attached hydrogens (tertiary/aromatic N) is 1. The van der Waals surface area contributed by atoms with E-state index in [1.165, 1.54) is 4.88 Å². The number of rotatable bonds is 2. The number of ether oxygens (including phenoxy) is 1. The number of hydrogen-bond acceptors (Lipinski definition) is 3. The highest BCUT2D eigenvalue weighted by molar-refractivity contribution is 7.13. The maximum Gasteiger partial charge on any atom is 0.273 e. The average Bonchev–Trinajstić information content (AvgIpc) is 2.77. The van der Waals surface area contributed by atoms with Crippen molar-refractivity contribution in [1.29, 1.82) is 0 Å². The van der Waals surface area contributed by atoms with Crippen LogP contribution < -0.4 is 4.74 Å². The van der Waals surface area contributed by atoms with Crippen molar-refractivity contribution in [3.63, 3.8) is 0 Å². The van der Waals surface area contributed by atoms with Crippen LogP contribution in [0.25, 0.3) is 0 Å². The molecule has 0 amide bonds. The fraction of sp³-hybridized carbons (Fsp3) is 0.444. The number of hydrogen-bond donors (Lipinski definition) is 0. The first-order valence-electron chi connectivity index (χ1n) is 3.79. The highest BCUT2D eigenvalue weighted by atomic mass is 32.1. The van der Waals surface area contributed by atoms with Crippen molar-refractivity contribution in [2.24, 2.45) is 0 Å². The molecule has 62 valence electrons. The topological polar surface area (TPSA) is 22.1 Å². The average molecular weight is 179 g/mol. The fourth-order valence-electron chi connectivity index (χ4n) is 1.16. The van der Waals surface area contributed by atoms with Gasteiger partial charge in [0.05, 0.1) is 12.5 Å². The van der Waals surface area contributed by atoms with Crippen molar-refractivity contribution in [3.05, 3.63) is 11.1 Å². The second kappa shape index (κ2) is 2.49. The van der Waals surface area contributed by atoms with Crippen molar-refractivity contribution in [2.75, 3.05) is 7.11 Å². The minimum absolute atomic E-state index is 0.00838. The van der Waals surface area contributed by atoms with Crippen molar-refractivity contribution in [1.82, 2.24) is 4.98 Å². The Hall–Kier alpha value is -1.01. The zero-order valence-electron chi connectivity index (χ0n) is 6.83. The second-order valence-corrected chi connectivity index (χ2v) is 3.91. The van der Waals surface area contributed by atoms with E-state index < -0.39 is 0 Å². The summed E-state index contributed by atoms with van der Waals surface area (Å²) in [7, 11) is 1.62. The molecule has 1 aromatic heterocycles. The van der Waals surface area contributed by atoms with Crippen LogP contribution in [0.1, 0.15) is 17.7 Å². The van der Waals surface area contributed by atoms with E-state index in [9.17, 15) is 0 Å². The molecule has 0 aliphatic heterocycles. The summed E-state index contributed by atoms with van der Waals surface area (Å²) >= 11 is 1.55. The maximum absolute atomic E-state index is 5.44. The lowest BCUT2D eigenvalue weighted by Crippen LogP contribution is -1.97. The van der Waals surface area contributed by atoms with Gasteiger partial charge in [0.2, 0.25) is 0 Å². The van der Waals surface area contributed by atoms with Crippen LogP contribution >= 0.6 is 11.3 Å². The molecule has 0 spiro atoms. The Balaban J connectivity index is 2.30. The minimum Gasteiger partial charge on any atom is -0.473 e. The van der Waals surface area contributed by atoms with Gasteiger partial charge in [0, 0.05) is 11.1 Å². The zero-order valence-corrected chi connectivity index (χ0v) is 7.65. The summed E-state index contributed by atoms with van der Waals surface area (Å²) in [5, 5.41) is 0.700. The Morgan fingerprint density at radius 1 is 1.75 bits per heavy atom. The van der Waals surface area contributed by atoms with Gasteiger partial charge in [0.1, 0.15) is 0 Å². The Bertz CT molecular complexity index is 333. The Kier molecular flexibility index (Phi) is 1.59. The predicted molar refractivity (Wildman–Crippen MR) is 48.4 cm³/mol. The third-order valence-corrected chi connectivity index (χ3v) is 3.32. The lowest BCUT2D eigenvalue weighted by atomic mass is 10.1. The number of aromatic nitrogens is 1. The van der Waals surface area contributed by atoms with E-state index in [0.717, 1.165) is 12.8 Å². The quantitative estimate of drug-likeness (QED) is 0.646. The molecule has 1 aliphatic rings. The molecule has 1 fully saturated rings. The van der Waals surface area contributed by atoms with Crippen molar-refractivity contribution in [3.8, 4) is 17.5 Å². The summed E-state index contributed by atoms with van der Waals surface area (Å²) in [6.07, 6.45) is 9.45. The molecule has 0 bridgehead atoms. The van der Waals surface area contributed by atoms with E-state index in [1.807, 2.05) is 6.20 Å². The number of thiazole rings is 1. The van der Waals surface area contributed by atoms with Gasteiger partial charge in [0.15, 0.2) is 0 Å². The molecule has 2 nitrogen and oxygen atoms in total. The smallest absolute Gasteiger partial charge is 0.273 e. The monoisotopic (exact) mass is 179 g/mol. The van der Waals surface area contributed by atoms with E-state index in [0.29, 0.717) is 5.19 Å². The van der Waals surface area contributed by atoms with E-state index in [1.54, 1.807) is 18.4 Å². The molecule has 12 heavy (non-hydrogen) atoms. The maximum atomic E-state index is 5.44. The normalized spacial score (nSPS) is 18.3. The first kappa shape index (κ1) is 7.63. The Labute approximate surface area is 75.6 Å². The molecule has 0 saturated heterocycles. The zero-order chi connectivity index (χ0) is 8.60. The van der Waals surface area contributed by atoms with E-state index in [2.05, 4.69) is 10.9 Å². The fourth-order valence-corrected chi connectivity index (χ4v) is 2.10. The molecule has 1 aliphatic carbocycles. The van der Waals surface area contributed by atoms with Gasteiger partial charge in [-0.3, -0.25) is 0 Å². The number of methoxy groups -OCH3 is 1. The van der Waals surface area contributed by atoms with Crippen LogP contribution in [0.3, 0.4) is 0 Å².